The van der Waals surface area contributed by atoms with E-state index in [1.807, 2.05) is 36.6 Å². The molecule has 0 saturated carbocycles. The van der Waals surface area contributed by atoms with Crippen molar-refractivity contribution in [3.63, 3.8) is 0 Å². The number of nitrogens with zero attached hydrogens (tertiary/aromatic N) is 2. The molecule has 7 nitrogen and oxygen atoms in total. The number of fused-ring (bicyclic) bond motifs is 1. The maximum absolute atomic E-state index is 12.9. The zero-order valence-electron chi connectivity index (χ0n) is 15.4. The Morgan fingerprint density at radius 2 is 1.86 bits per heavy atom. The molecule has 2 aromatic heterocycles. The molecule has 0 saturated heterocycles. The highest BCUT2D eigenvalue weighted by atomic mass is 32.2. The molecule has 4 rings (SSSR count). The van der Waals surface area contributed by atoms with Gasteiger partial charge in [0.1, 0.15) is 10.0 Å². The molecule has 0 radical (unpaired) electrons. The van der Waals surface area contributed by atoms with Crippen molar-refractivity contribution in [1.29, 1.82) is 0 Å². The number of thiophene rings is 1. The first-order chi connectivity index (χ1) is 13.8. The van der Waals surface area contributed by atoms with Crippen LogP contribution in [0.4, 0.5) is 10.7 Å². The third kappa shape index (κ3) is 3.61. The molecule has 0 aliphatic carbocycles. The van der Waals surface area contributed by atoms with Crippen molar-refractivity contribution >= 4 is 53.6 Å². The van der Waals surface area contributed by atoms with Crippen molar-refractivity contribution in [3.05, 3.63) is 69.1 Å². The number of aromatic nitrogens is 1. The predicted molar refractivity (Wildman–Crippen MR) is 116 cm³/mol. The molecule has 0 spiro atoms. The standard InChI is InChI=1S/C19H15N3O4S3/c1-11-7-8-13(9-15(11)22(23)24)29(25,26)21-19-17(12(2)10-27-19)18-20-14-5-3-4-6-16(14)28-18/h3-10,21H,1-2H3. The van der Waals surface area contributed by atoms with E-state index in [-0.39, 0.29) is 10.6 Å². The number of para-hydroxylation sites is 1. The van der Waals surface area contributed by atoms with E-state index in [1.54, 1.807) is 6.92 Å². The van der Waals surface area contributed by atoms with Crippen LogP contribution in [-0.4, -0.2) is 18.3 Å². The van der Waals surface area contributed by atoms with Crippen molar-refractivity contribution in [2.75, 3.05) is 4.72 Å². The maximum Gasteiger partial charge on any atom is 0.273 e. The van der Waals surface area contributed by atoms with Gasteiger partial charge < -0.3 is 0 Å². The lowest BCUT2D eigenvalue weighted by molar-refractivity contribution is -0.385. The van der Waals surface area contributed by atoms with E-state index in [1.165, 1.54) is 34.8 Å². The van der Waals surface area contributed by atoms with Crippen molar-refractivity contribution < 1.29 is 13.3 Å². The van der Waals surface area contributed by atoms with Crippen LogP contribution in [0, 0.1) is 24.0 Å². The molecular formula is C19H15N3O4S3. The van der Waals surface area contributed by atoms with Gasteiger partial charge in [-0.05, 0) is 43.0 Å². The molecule has 0 atom stereocenters. The fraction of sp³-hybridized carbons (Fsp3) is 0.105. The summed E-state index contributed by atoms with van der Waals surface area (Å²) in [6.45, 7) is 3.46. The van der Waals surface area contributed by atoms with Gasteiger partial charge in [0.2, 0.25) is 0 Å². The molecule has 29 heavy (non-hydrogen) atoms. The van der Waals surface area contributed by atoms with Crippen LogP contribution >= 0.6 is 22.7 Å². The molecule has 0 bridgehead atoms. The fourth-order valence-electron chi connectivity index (χ4n) is 2.90. The summed E-state index contributed by atoms with van der Waals surface area (Å²) in [5.41, 5.74) is 2.64. The third-order valence-corrected chi connectivity index (χ3v) is 7.94. The van der Waals surface area contributed by atoms with Gasteiger partial charge in [0.25, 0.3) is 15.7 Å². The summed E-state index contributed by atoms with van der Waals surface area (Å²) in [7, 11) is -4.00. The normalized spacial score (nSPS) is 11.7. The molecular weight excluding hydrogens is 430 g/mol. The largest absolute Gasteiger partial charge is 0.273 e. The second kappa shape index (κ2) is 7.21. The van der Waals surface area contributed by atoms with Gasteiger partial charge in [0.15, 0.2) is 0 Å². The molecule has 10 heteroatoms. The van der Waals surface area contributed by atoms with Crippen LogP contribution in [0.2, 0.25) is 0 Å². The molecule has 1 N–H and O–H groups in total. The highest BCUT2D eigenvalue weighted by molar-refractivity contribution is 7.93. The SMILES string of the molecule is Cc1ccc(S(=O)(=O)Nc2scc(C)c2-c2nc3ccccc3s2)cc1[N+](=O)[O-]. The van der Waals surface area contributed by atoms with Crippen molar-refractivity contribution in [2.24, 2.45) is 0 Å². The van der Waals surface area contributed by atoms with Gasteiger partial charge in [0, 0.05) is 17.2 Å². The number of nitro benzene ring substituents is 1. The van der Waals surface area contributed by atoms with Crippen LogP contribution in [0.3, 0.4) is 0 Å². The molecule has 2 heterocycles. The molecule has 2 aromatic carbocycles. The Bertz CT molecular complexity index is 1320. The van der Waals surface area contributed by atoms with Crippen molar-refractivity contribution in [2.45, 2.75) is 18.7 Å². The van der Waals surface area contributed by atoms with Crippen LogP contribution in [0.5, 0.6) is 0 Å². The highest BCUT2D eigenvalue weighted by Gasteiger charge is 2.23. The number of thiazole rings is 1. The topological polar surface area (TPSA) is 102 Å². The lowest BCUT2D eigenvalue weighted by Gasteiger charge is -2.09. The van der Waals surface area contributed by atoms with E-state index in [4.69, 9.17) is 0 Å². The number of aryl methyl sites for hydroxylation is 2. The quantitative estimate of drug-likeness (QED) is 0.329. The number of nitro groups is 1. The Balaban J connectivity index is 1.76. The van der Waals surface area contributed by atoms with Gasteiger partial charge >= 0.3 is 0 Å². The van der Waals surface area contributed by atoms with Gasteiger partial charge in [-0.1, -0.05) is 18.2 Å². The number of nitrogens with one attached hydrogen (secondary N) is 1. The van der Waals surface area contributed by atoms with E-state index in [0.717, 1.165) is 32.4 Å². The first-order valence-corrected chi connectivity index (χ1v) is 11.7. The molecule has 0 amide bonds. The van der Waals surface area contributed by atoms with E-state index in [2.05, 4.69) is 9.71 Å². The second-order valence-corrected chi connectivity index (χ2v) is 10.0. The van der Waals surface area contributed by atoms with Crippen LogP contribution in [-0.2, 0) is 10.0 Å². The molecule has 0 fully saturated rings. The van der Waals surface area contributed by atoms with Gasteiger partial charge in [0.05, 0.1) is 20.0 Å². The lowest BCUT2D eigenvalue weighted by atomic mass is 10.2. The van der Waals surface area contributed by atoms with Gasteiger partial charge in [-0.2, -0.15) is 0 Å². The summed E-state index contributed by atoms with van der Waals surface area (Å²) in [6, 6.07) is 11.6. The zero-order valence-corrected chi connectivity index (χ0v) is 17.8. The first kappa shape index (κ1) is 19.5. The second-order valence-electron chi connectivity index (χ2n) is 6.42. The van der Waals surface area contributed by atoms with Crippen LogP contribution in [0.25, 0.3) is 20.8 Å². The Morgan fingerprint density at radius 1 is 1.10 bits per heavy atom. The predicted octanol–water partition coefficient (Wildman–Crippen LogP) is 5.35. The molecule has 0 aliphatic heterocycles. The number of anilines is 1. The van der Waals surface area contributed by atoms with Gasteiger partial charge in [-0.15, -0.1) is 22.7 Å². The Hall–Kier alpha value is -2.82. The van der Waals surface area contributed by atoms with Crippen molar-refractivity contribution in [1.82, 2.24) is 4.98 Å². The summed E-state index contributed by atoms with van der Waals surface area (Å²) in [6.07, 6.45) is 0. The van der Waals surface area contributed by atoms with Crippen LogP contribution in [0.15, 0.2) is 52.7 Å². The summed E-state index contributed by atoms with van der Waals surface area (Å²) < 4.78 is 29.4. The highest BCUT2D eigenvalue weighted by Crippen LogP contribution is 2.41. The summed E-state index contributed by atoms with van der Waals surface area (Å²) in [5.74, 6) is 0. The molecule has 4 aromatic rings. The molecule has 0 unspecified atom stereocenters. The Labute approximate surface area is 174 Å². The van der Waals surface area contributed by atoms with E-state index >= 15 is 0 Å². The van der Waals surface area contributed by atoms with E-state index < -0.39 is 14.9 Å². The minimum absolute atomic E-state index is 0.156. The molecule has 0 aliphatic rings. The Morgan fingerprint density at radius 3 is 2.59 bits per heavy atom. The van der Waals surface area contributed by atoms with Gasteiger partial charge in [-0.3, -0.25) is 14.8 Å². The lowest BCUT2D eigenvalue weighted by Crippen LogP contribution is -2.13. The van der Waals surface area contributed by atoms with E-state index in [0.29, 0.717) is 10.6 Å². The number of hydrogen-bond donors (Lipinski definition) is 1. The third-order valence-electron chi connectivity index (χ3n) is 4.40. The number of benzene rings is 2. The molecule has 148 valence electrons. The minimum Gasteiger partial charge on any atom is -0.270 e. The average molecular weight is 446 g/mol. The average Bonchev–Trinajstić information content (AvgIpc) is 3.24. The number of rotatable bonds is 5. The summed E-state index contributed by atoms with van der Waals surface area (Å²) >= 11 is 2.74. The fourth-order valence-corrected chi connectivity index (χ4v) is 6.33. The number of sulfonamides is 1. The van der Waals surface area contributed by atoms with Gasteiger partial charge in [-0.25, -0.2) is 13.4 Å². The number of hydrogen-bond acceptors (Lipinski definition) is 7. The summed E-state index contributed by atoms with van der Waals surface area (Å²) in [5, 5.41) is 14.2. The Kier molecular flexibility index (Phi) is 4.85. The maximum atomic E-state index is 12.9. The minimum atomic E-state index is -4.00. The zero-order chi connectivity index (χ0) is 20.8. The van der Waals surface area contributed by atoms with Crippen LogP contribution < -0.4 is 4.72 Å². The first-order valence-electron chi connectivity index (χ1n) is 8.48. The van der Waals surface area contributed by atoms with E-state index in [9.17, 15) is 18.5 Å². The summed E-state index contributed by atoms with van der Waals surface area (Å²) in [4.78, 5) is 15.1. The van der Waals surface area contributed by atoms with Crippen LogP contribution in [0.1, 0.15) is 11.1 Å². The van der Waals surface area contributed by atoms with Crippen molar-refractivity contribution in [3.8, 4) is 10.6 Å². The monoisotopic (exact) mass is 445 g/mol. The smallest absolute Gasteiger partial charge is 0.270 e.